The molecule has 1 aromatic carbocycles. The predicted octanol–water partition coefficient (Wildman–Crippen LogP) is 5.22. The van der Waals surface area contributed by atoms with Crippen molar-refractivity contribution in [3.8, 4) is 11.5 Å². The zero-order valence-corrected chi connectivity index (χ0v) is 18.6. The summed E-state index contributed by atoms with van der Waals surface area (Å²) < 4.78 is 76.6. The molecule has 2 heterocycles. The normalized spacial score (nSPS) is 22.4. The van der Waals surface area contributed by atoms with Gasteiger partial charge in [-0.1, -0.05) is 6.08 Å². The number of alkyl halides is 5. The van der Waals surface area contributed by atoms with Gasteiger partial charge < -0.3 is 20.1 Å². The third kappa shape index (κ3) is 5.71. The molecule has 0 radical (unpaired) electrons. The molecule has 0 bridgehead atoms. The zero-order chi connectivity index (χ0) is 24.3. The highest BCUT2D eigenvalue weighted by Crippen LogP contribution is 2.40. The molecule has 34 heavy (non-hydrogen) atoms. The van der Waals surface area contributed by atoms with E-state index in [1.165, 1.54) is 13.2 Å². The van der Waals surface area contributed by atoms with E-state index in [9.17, 15) is 22.0 Å². The molecule has 2 N–H and O–H groups in total. The Balaban J connectivity index is 1.41. The van der Waals surface area contributed by atoms with Crippen LogP contribution in [-0.2, 0) is 0 Å². The van der Waals surface area contributed by atoms with Crippen molar-refractivity contribution >= 4 is 11.4 Å². The number of allylic oxidation sites excluding steroid dienone is 3. The van der Waals surface area contributed by atoms with Crippen molar-refractivity contribution in [2.45, 2.75) is 37.8 Å². The minimum atomic E-state index is -4.40. The summed E-state index contributed by atoms with van der Waals surface area (Å²) in [6, 6.07) is 5.32. The Morgan fingerprint density at radius 3 is 2.68 bits per heavy atom. The molecule has 0 amide bonds. The van der Waals surface area contributed by atoms with Crippen molar-refractivity contribution in [2.24, 2.45) is 10.9 Å². The fourth-order valence-corrected chi connectivity index (χ4v) is 4.24. The van der Waals surface area contributed by atoms with Crippen LogP contribution in [0.15, 0.2) is 52.8 Å². The molecule has 1 aromatic rings. The van der Waals surface area contributed by atoms with Gasteiger partial charge in [0.15, 0.2) is 0 Å². The van der Waals surface area contributed by atoms with E-state index in [0.29, 0.717) is 42.3 Å². The van der Waals surface area contributed by atoms with E-state index in [4.69, 9.17) is 9.47 Å². The summed E-state index contributed by atoms with van der Waals surface area (Å²) in [6.45, 7) is 0.658. The first kappa shape index (κ1) is 24.1. The second kappa shape index (κ2) is 9.68. The number of aliphatic imine (C=N–C) groups is 1. The molecule has 1 fully saturated rings. The van der Waals surface area contributed by atoms with E-state index in [-0.39, 0.29) is 31.9 Å². The van der Waals surface area contributed by atoms with E-state index in [1.54, 1.807) is 18.3 Å². The van der Waals surface area contributed by atoms with Gasteiger partial charge in [-0.2, -0.15) is 13.2 Å². The topological polar surface area (TPSA) is 54.9 Å². The number of rotatable bonds is 6. The third-order valence-electron chi connectivity index (χ3n) is 6.09. The standard InChI is InChI=1S/C24H26F5N3O2/c1-33-20-10-18(34-14-15-2-5-21(31-12-15)24(27,28)29)3-4-19(20)17-7-9-30-22(32-13-17)16-6-8-23(25,26)11-16/h2-5,10,13,16,31H,6-9,11-12,14H2,1H3,(H,30,32). The molecule has 3 aliphatic rings. The number of dihydropyridines is 1. The lowest BCUT2D eigenvalue weighted by atomic mass is 10.0. The summed E-state index contributed by atoms with van der Waals surface area (Å²) >= 11 is 0. The molecular formula is C24H26F5N3O2. The van der Waals surface area contributed by atoms with Gasteiger partial charge in [0.1, 0.15) is 29.6 Å². The first-order valence-electron chi connectivity index (χ1n) is 11.0. The lowest BCUT2D eigenvalue weighted by molar-refractivity contribution is -0.0967. The molecule has 1 aliphatic carbocycles. The summed E-state index contributed by atoms with van der Waals surface area (Å²) in [7, 11) is 1.53. The quantitative estimate of drug-likeness (QED) is 0.545. The Bertz CT molecular complexity index is 1040. The first-order chi connectivity index (χ1) is 16.1. The minimum Gasteiger partial charge on any atom is -0.496 e. The smallest absolute Gasteiger partial charge is 0.430 e. The van der Waals surface area contributed by atoms with Crippen LogP contribution in [-0.4, -0.2) is 44.7 Å². The van der Waals surface area contributed by atoms with E-state index in [2.05, 4.69) is 15.6 Å². The summed E-state index contributed by atoms with van der Waals surface area (Å²) in [6.07, 6.45) is 0.531. The summed E-state index contributed by atoms with van der Waals surface area (Å²) in [4.78, 5) is 4.49. The van der Waals surface area contributed by atoms with Crippen molar-refractivity contribution in [1.82, 2.24) is 10.6 Å². The lowest BCUT2D eigenvalue weighted by Crippen LogP contribution is -2.31. The number of ether oxygens (including phenoxy) is 2. The highest BCUT2D eigenvalue weighted by molar-refractivity contribution is 5.88. The molecule has 1 saturated carbocycles. The van der Waals surface area contributed by atoms with Gasteiger partial charge in [0, 0.05) is 49.7 Å². The van der Waals surface area contributed by atoms with Crippen LogP contribution in [0.3, 0.4) is 0 Å². The van der Waals surface area contributed by atoms with Gasteiger partial charge in [-0.25, -0.2) is 8.78 Å². The first-order valence-corrected chi connectivity index (χ1v) is 11.0. The van der Waals surface area contributed by atoms with Gasteiger partial charge in [-0.15, -0.1) is 0 Å². The van der Waals surface area contributed by atoms with Crippen LogP contribution in [0.25, 0.3) is 5.57 Å². The summed E-state index contributed by atoms with van der Waals surface area (Å²) in [5.74, 6) is -1.22. The summed E-state index contributed by atoms with van der Waals surface area (Å²) in [5, 5.41) is 5.48. The molecule has 4 rings (SSSR count). The SMILES string of the molecule is COc1cc(OCC2=CC=C(C(F)(F)F)NC2)ccc1C1=CNC(C2CCC(F)(F)C2)=NCC1. The summed E-state index contributed by atoms with van der Waals surface area (Å²) in [5.41, 5.74) is 1.65. The van der Waals surface area contributed by atoms with E-state index < -0.39 is 17.8 Å². The van der Waals surface area contributed by atoms with E-state index in [0.717, 1.165) is 17.2 Å². The van der Waals surface area contributed by atoms with Crippen LogP contribution < -0.4 is 20.1 Å². The van der Waals surface area contributed by atoms with E-state index in [1.807, 2.05) is 6.07 Å². The highest BCUT2D eigenvalue weighted by Gasteiger charge is 2.41. The largest absolute Gasteiger partial charge is 0.496 e. The molecule has 5 nitrogen and oxygen atoms in total. The molecule has 1 atom stereocenters. The van der Waals surface area contributed by atoms with Crippen LogP contribution in [0, 0.1) is 5.92 Å². The van der Waals surface area contributed by atoms with Gasteiger partial charge >= 0.3 is 6.18 Å². The molecule has 2 aliphatic heterocycles. The predicted molar refractivity (Wildman–Crippen MR) is 119 cm³/mol. The van der Waals surface area contributed by atoms with E-state index >= 15 is 0 Å². The van der Waals surface area contributed by atoms with Gasteiger partial charge in [0.25, 0.3) is 0 Å². The average molecular weight is 483 g/mol. The van der Waals surface area contributed by atoms with Crippen LogP contribution in [0.1, 0.15) is 31.2 Å². The van der Waals surface area contributed by atoms with Gasteiger partial charge in [0.2, 0.25) is 5.92 Å². The number of nitrogens with one attached hydrogen (secondary N) is 2. The number of benzene rings is 1. The maximum Gasteiger partial charge on any atom is 0.430 e. The third-order valence-corrected chi connectivity index (χ3v) is 6.09. The molecule has 1 unspecified atom stereocenters. The Hall–Kier alpha value is -3.04. The fourth-order valence-electron chi connectivity index (χ4n) is 4.24. The van der Waals surface area contributed by atoms with Crippen molar-refractivity contribution in [3.05, 3.63) is 53.4 Å². The number of hydrogen-bond acceptors (Lipinski definition) is 5. The molecule has 0 aromatic heterocycles. The Labute approximate surface area is 194 Å². The monoisotopic (exact) mass is 483 g/mol. The maximum absolute atomic E-state index is 13.6. The molecular weight excluding hydrogens is 457 g/mol. The Morgan fingerprint density at radius 2 is 2.03 bits per heavy atom. The number of halogens is 5. The minimum absolute atomic E-state index is 0.0500. The van der Waals surface area contributed by atoms with Crippen molar-refractivity contribution in [2.75, 3.05) is 26.8 Å². The fraction of sp³-hybridized carbons (Fsp3) is 0.458. The second-order valence-corrected chi connectivity index (χ2v) is 8.53. The van der Waals surface area contributed by atoms with Crippen molar-refractivity contribution in [1.29, 1.82) is 0 Å². The van der Waals surface area contributed by atoms with Gasteiger partial charge in [-0.3, -0.25) is 4.99 Å². The van der Waals surface area contributed by atoms with Gasteiger partial charge in [0.05, 0.1) is 7.11 Å². The van der Waals surface area contributed by atoms with Crippen molar-refractivity contribution in [3.63, 3.8) is 0 Å². The van der Waals surface area contributed by atoms with Crippen LogP contribution in [0.5, 0.6) is 11.5 Å². The Kier molecular flexibility index (Phi) is 6.86. The second-order valence-electron chi connectivity index (χ2n) is 8.53. The number of nitrogens with zero attached hydrogens (tertiary/aromatic N) is 1. The lowest BCUT2D eigenvalue weighted by Gasteiger charge is -2.20. The number of methoxy groups -OCH3 is 1. The van der Waals surface area contributed by atoms with Crippen LogP contribution >= 0.6 is 0 Å². The van der Waals surface area contributed by atoms with Crippen molar-refractivity contribution < 1.29 is 31.4 Å². The molecule has 0 spiro atoms. The van der Waals surface area contributed by atoms with Gasteiger partial charge in [-0.05, 0) is 42.2 Å². The Morgan fingerprint density at radius 1 is 1.21 bits per heavy atom. The zero-order valence-electron chi connectivity index (χ0n) is 18.6. The maximum atomic E-state index is 13.6. The number of amidine groups is 1. The average Bonchev–Trinajstić information content (AvgIpc) is 3.01. The van der Waals surface area contributed by atoms with Crippen LogP contribution in [0.2, 0.25) is 0 Å². The highest BCUT2D eigenvalue weighted by atomic mass is 19.4. The molecule has 0 saturated heterocycles. The molecule has 184 valence electrons. The number of hydrogen-bond donors (Lipinski definition) is 2. The van der Waals surface area contributed by atoms with Crippen LogP contribution in [0.4, 0.5) is 22.0 Å². The molecule has 10 heteroatoms.